The molecular weight excluding hydrogens is 440 g/mol. The number of hydrogen-bond donors (Lipinski definition) is 1. The van der Waals surface area contributed by atoms with Crippen LogP contribution >= 0.6 is 0 Å². The van der Waals surface area contributed by atoms with Crippen LogP contribution < -0.4 is 9.21 Å². The van der Waals surface area contributed by atoms with E-state index < -0.39 is 18.2 Å². The van der Waals surface area contributed by atoms with Gasteiger partial charge in [0.1, 0.15) is 5.78 Å². The van der Waals surface area contributed by atoms with E-state index >= 15 is 0 Å². The van der Waals surface area contributed by atoms with Crippen LogP contribution in [0.4, 0.5) is 17.1 Å². The first-order valence-corrected chi connectivity index (χ1v) is 13.5. The number of hydrogen-bond acceptors (Lipinski definition) is 6. The highest BCUT2D eigenvalue weighted by Crippen LogP contribution is 2.33. The second-order valence-corrected chi connectivity index (χ2v) is 12.1. The predicted molar refractivity (Wildman–Crippen MR) is 121 cm³/mol. The third-order valence-electron chi connectivity index (χ3n) is 5.25. The monoisotopic (exact) mass is 466 g/mol. The van der Waals surface area contributed by atoms with Gasteiger partial charge in [-0.3, -0.25) is 9.35 Å². The van der Waals surface area contributed by atoms with E-state index in [1.807, 2.05) is 4.90 Å². The second-order valence-electron chi connectivity index (χ2n) is 7.46. The summed E-state index contributed by atoms with van der Waals surface area (Å²) in [5, 5.41) is 0. The average molecular weight is 467 g/mol. The number of benzene rings is 2. The van der Waals surface area contributed by atoms with Gasteiger partial charge in [0, 0.05) is 31.6 Å². The van der Waals surface area contributed by atoms with Gasteiger partial charge in [-0.05, 0) is 54.8 Å². The molecule has 0 unspecified atom stereocenters. The summed E-state index contributed by atoms with van der Waals surface area (Å²) in [4.78, 5) is 13.5. The van der Waals surface area contributed by atoms with E-state index in [9.17, 15) is 26.2 Å². The molecule has 2 aromatic carbocycles. The van der Waals surface area contributed by atoms with Crippen molar-refractivity contribution >= 4 is 41.1 Å². The molecule has 3 rings (SSSR count). The van der Waals surface area contributed by atoms with Crippen LogP contribution in [0.5, 0.6) is 0 Å². The Kier molecular flexibility index (Phi) is 7.03. The van der Waals surface area contributed by atoms with E-state index in [0.717, 1.165) is 30.5 Å². The minimum absolute atomic E-state index is 0.0794. The van der Waals surface area contributed by atoms with Crippen molar-refractivity contribution in [2.75, 3.05) is 22.3 Å². The third-order valence-corrected chi connectivity index (χ3v) is 8.70. The summed E-state index contributed by atoms with van der Waals surface area (Å²) in [7, 11) is -10.5. The Balaban J connectivity index is 1.96. The highest BCUT2D eigenvalue weighted by Gasteiger charge is 2.36. The lowest BCUT2D eigenvalue weighted by Crippen LogP contribution is -2.34. The minimum Gasteiger partial charge on any atom is -0.371 e. The number of nitrogens with zero attached hydrogens (tertiary/aromatic N) is 2. The molecule has 31 heavy (non-hydrogen) atoms. The van der Waals surface area contributed by atoms with Gasteiger partial charge < -0.3 is 4.90 Å². The Hall–Kier alpha value is -2.43. The number of unbranched alkanes of at least 4 members (excludes halogenated alkanes) is 1. The van der Waals surface area contributed by atoms with E-state index in [0.29, 0.717) is 30.2 Å². The van der Waals surface area contributed by atoms with Gasteiger partial charge in [0.2, 0.25) is 0 Å². The molecule has 2 aromatic rings. The van der Waals surface area contributed by atoms with Crippen molar-refractivity contribution in [3.05, 3.63) is 54.1 Å². The van der Waals surface area contributed by atoms with Crippen LogP contribution in [0.1, 0.15) is 38.2 Å². The quantitative estimate of drug-likeness (QED) is 0.468. The summed E-state index contributed by atoms with van der Waals surface area (Å²) in [6, 6.07) is 12.9. The molecule has 10 heteroatoms. The van der Waals surface area contributed by atoms with Gasteiger partial charge in [-0.25, -0.2) is 4.31 Å². The lowest BCUT2D eigenvalue weighted by Gasteiger charge is -2.29. The van der Waals surface area contributed by atoms with Crippen LogP contribution in [-0.4, -0.2) is 40.3 Å². The first-order chi connectivity index (χ1) is 14.6. The first-order valence-electron chi connectivity index (χ1n) is 10.1. The zero-order chi connectivity index (χ0) is 22.6. The Morgan fingerprint density at radius 1 is 0.903 bits per heavy atom. The lowest BCUT2D eigenvalue weighted by molar-refractivity contribution is -0.119. The van der Waals surface area contributed by atoms with Gasteiger partial charge in [-0.1, -0.05) is 25.5 Å². The molecule has 0 atom stereocenters. The third kappa shape index (κ3) is 5.25. The number of anilines is 3. The molecule has 1 fully saturated rings. The smallest absolute Gasteiger partial charge is 0.371 e. The summed E-state index contributed by atoms with van der Waals surface area (Å²) < 4.78 is 58.7. The lowest BCUT2D eigenvalue weighted by atomic mass is 10.1. The van der Waals surface area contributed by atoms with Crippen molar-refractivity contribution in [3.63, 3.8) is 0 Å². The van der Waals surface area contributed by atoms with Gasteiger partial charge >= 0.3 is 18.2 Å². The van der Waals surface area contributed by atoms with Crippen LogP contribution in [0, 0.1) is 0 Å². The first kappa shape index (κ1) is 23.2. The molecule has 168 valence electrons. The maximum Gasteiger partial charge on any atom is 0.391 e. The predicted octanol–water partition coefficient (Wildman–Crippen LogP) is 3.47. The molecule has 0 aliphatic carbocycles. The molecule has 1 aliphatic heterocycles. The van der Waals surface area contributed by atoms with Gasteiger partial charge in [0.15, 0.2) is 0 Å². The molecule has 0 amide bonds. The fraction of sp³-hybridized carbons (Fsp3) is 0.381. The topological polar surface area (TPSA) is 112 Å². The fourth-order valence-electron chi connectivity index (χ4n) is 3.49. The van der Waals surface area contributed by atoms with Gasteiger partial charge in [-0.15, -0.1) is 0 Å². The van der Waals surface area contributed by atoms with Crippen LogP contribution in [0.25, 0.3) is 0 Å². The summed E-state index contributed by atoms with van der Waals surface area (Å²) in [5.41, 5.74) is 1.99. The van der Waals surface area contributed by atoms with Crippen LogP contribution in [0.2, 0.25) is 0 Å². The number of rotatable bonds is 8. The van der Waals surface area contributed by atoms with Crippen LogP contribution in [0.3, 0.4) is 0 Å². The number of carbonyl (C=O) groups is 1. The molecule has 0 bridgehead atoms. The summed E-state index contributed by atoms with van der Waals surface area (Å²) >= 11 is 0. The Labute approximate surface area is 182 Å². The van der Waals surface area contributed by atoms with E-state index in [1.165, 1.54) is 24.3 Å². The fourth-order valence-corrected chi connectivity index (χ4v) is 5.52. The van der Waals surface area contributed by atoms with Gasteiger partial charge in [0.05, 0.1) is 11.4 Å². The highest BCUT2D eigenvalue weighted by atomic mass is 33.2. The summed E-state index contributed by atoms with van der Waals surface area (Å²) in [5.74, 6) is 0.209. The van der Waals surface area contributed by atoms with Crippen molar-refractivity contribution in [1.29, 1.82) is 0 Å². The van der Waals surface area contributed by atoms with E-state index in [4.69, 9.17) is 0 Å². The van der Waals surface area contributed by atoms with Crippen molar-refractivity contribution in [1.82, 2.24) is 0 Å². The van der Waals surface area contributed by atoms with Crippen molar-refractivity contribution in [2.45, 2.75) is 39.0 Å². The van der Waals surface area contributed by atoms with Crippen molar-refractivity contribution in [2.24, 2.45) is 0 Å². The standard InChI is InChI=1S/C21H26N2O6S2/c1-2-3-4-17-5-7-19(8-6-17)23(30(25,26)31(27,28)29)20-11-9-18(10-12-20)22-15-13-21(24)14-16-22/h5-12H,2-4,13-16H2,1H3,(H,27,28,29). The molecule has 0 radical (unpaired) electrons. The molecule has 1 aliphatic rings. The van der Waals surface area contributed by atoms with Gasteiger partial charge in [-0.2, -0.15) is 16.8 Å². The zero-order valence-electron chi connectivity index (χ0n) is 17.3. The molecule has 1 heterocycles. The number of ketones is 1. The number of carbonyl (C=O) groups excluding carboxylic acids is 1. The Morgan fingerprint density at radius 2 is 1.42 bits per heavy atom. The van der Waals surface area contributed by atoms with E-state index in [2.05, 4.69) is 6.92 Å². The van der Waals surface area contributed by atoms with E-state index in [1.54, 1.807) is 24.3 Å². The summed E-state index contributed by atoms with van der Waals surface area (Å²) in [6.45, 7) is 3.22. The maximum atomic E-state index is 12.7. The number of Topliss-reactive ketones (excluding diaryl/α,β-unsaturated/α-hetero) is 1. The highest BCUT2D eigenvalue weighted by molar-refractivity contribution is 8.65. The zero-order valence-corrected chi connectivity index (χ0v) is 18.9. The molecule has 1 N–H and O–H groups in total. The molecule has 0 aromatic heterocycles. The minimum atomic E-state index is -5.41. The normalized spacial score (nSPS) is 15.2. The van der Waals surface area contributed by atoms with Crippen LogP contribution in [0.15, 0.2) is 48.5 Å². The maximum absolute atomic E-state index is 12.7. The number of piperidine rings is 1. The van der Waals surface area contributed by atoms with Gasteiger partial charge in [0.25, 0.3) is 0 Å². The Morgan fingerprint density at radius 3 is 1.90 bits per heavy atom. The molecule has 0 saturated carbocycles. The van der Waals surface area contributed by atoms with Crippen LogP contribution in [-0.2, 0) is 29.4 Å². The molecular formula is C21H26N2O6S2. The molecule has 8 nitrogen and oxygen atoms in total. The summed E-state index contributed by atoms with van der Waals surface area (Å²) in [6.07, 6.45) is 3.73. The molecule has 0 spiro atoms. The Bertz CT molecular complexity index is 1120. The largest absolute Gasteiger partial charge is 0.391 e. The van der Waals surface area contributed by atoms with Crippen molar-refractivity contribution in [3.8, 4) is 0 Å². The average Bonchev–Trinajstić information content (AvgIpc) is 2.73. The second kappa shape index (κ2) is 9.37. The van der Waals surface area contributed by atoms with E-state index in [-0.39, 0.29) is 17.2 Å². The number of aryl methyl sites for hydroxylation is 1. The SMILES string of the molecule is CCCCc1ccc(N(c2ccc(N3CCC(=O)CC3)cc2)S(=O)(=O)S(=O)(=O)O)cc1. The van der Waals surface area contributed by atoms with Crippen molar-refractivity contribution < 1.29 is 26.2 Å². The molecule has 1 saturated heterocycles.